The van der Waals surface area contributed by atoms with E-state index in [0.717, 1.165) is 27.2 Å². The quantitative estimate of drug-likeness (QED) is 0.266. The van der Waals surface area contributed by atoms with Crippen LogP contribution in [0.25, 0.3) is 0 Å². The van der Waals surface area contributed by atoms with Crippen LogP contribution < -0.4 is 9.62 Å². The molecule has 0 spiro atoms. The summed E-state index contributed by atoms with van der Waals surface area (Å²) in [6.45, 7) is 3.74. The maximum atomic E-state index is 13.8. The Bertz CT molecular complexity index is 1340. The molecule has 0 aliphatic carbocycles. The minimum absolute atomic E-state index is 0.0578. The first-order chi connectivity index (χ1) is 18.1. The number of anilines is 1. The van der Waals surface area contributed by atoms with E-state index < -0.39 is 28.5 Å². The van der Waals surface area contributed by atoms with Crippen molar-refractivity contribution in [3.8, 4) is 0 Å². The number of halogens is 2. The zero-order valence-corrected chi connectivity index (χ0v) is 24.5. The van der Waals surface area contributed by atoms with E-state index in [-0.39, 0.29) is 17.3 Å². The van der Waals surface area contributed by atoms with Crippen LogP contribution in [0.15, 0.2) is 88.2 Å². The van der Waals surface area contributed by atoms with Crippen LogP contribution in [0, 0.1) is 0 Å². The number of unbranched alkanes of at least 4 members (excludes halogenated alkanes) is 1. The zero-order valence-electron chi connectivity index (χ0n) is 21.3. The SMILES string of the molecule is CCCCNC(=O)C(C)N(Cc1cccc(Cl)c1)C(=O)CN(c1ccc(Br)cc1)S(=O)(=O)c1ccccc1. The van der Waals surface area contributed by atoms with Gasteiger partial charge in [0.15, 0.2) is 0 Å². The van der Waals surface area contributed by atoms with E-state index in [1.807, 2.05) is 6.92 Å². The number of nitrogens with one attached hydrogen (secondary N) is 1. The number of hydrogen-bond donors (Lipinski definition) is 1. The molecular formula is C28H31BrClN3O4S. The molecule has 0 aliphatic heterocycles. The Balaban J connectivity index is 1.98. The van der Waals surface area contributed by atoms with Crippen LogP contribution in [-0.2, 0) is 26.2 Å². The molecule has 202 valence electrons. The van der Waals surface area contributed by atoms with E-state index in [0.29, 0.717) is 17.3 Å². The molecule has 1 N–H and O–H groups in total. The molecule has 3 aromatic carbocycles. The highest BCUT2D eigenvalue weighted by Crippen LogP contribution is 2.26. The van der Waals surface area contributed by atoms with Gasteiger partial charge in [0.05, 0.1) is 10.6 Å². The monoisotopic (exact) mass is 619 g/mol. The lowest BCUT2D eigenvalue weighted by Gasteiger charge is -2.32. The molecular weight excluding hydrogens is 590 g/mol. The van der Waals surface area contributed by atoms with Crippen molar-refractivity contribution in [2.24, 2.45) is 0 Å². The van der Waals surface area contributed by atoms with Gasteiger partial charge in [-0.05, 0) is 67.4 Å². The Morgan fingerprint density at radius 3 is 2.32 bits per heavy atom. The summed E-state index contributed by atoms with van der Waals surface area (Å²) in [4.78, 5) is 28.2. The lowest BCUT2D eigenvalue weighted by molar-refractivity contribution is -0.139. The summed E-state index contributed by atoms with van der Waals surface area (Å²) in [6, 6.07) is 20.8. The van der Waals surface area contributed by atoms with Gasteiger partial charge in [0.1, 0.15) is 12.6 Å². The van der Waals surface area contributed by atoms with Gasteiger partial charge >= 0.3 is 0 Å². The fourth-order valence-corrected chi connectivity index (χ4v) is 5.72. The molecule has 0 saturated carbocycles. The largest absolute Gasteiger partial charge is 0.354 e. The van der Waals surface area contributed by atoms with Gasteiger partial charge in [-0.2, -0.15) is 0 Å². The third kappa shape index (κ3) is 7.82. The summed E-state index contributed by atoms with van der Waals surface area (Å²) in [6.07, 6.45) is 1.73. The number of benzene rings is 3. The molecule has 0 saturated heterocycles. The lowest BCUT2D eigenvalue weighted by atomic mass is 10.1. The van der Waals surface area contributed by atoms with E-state index in [4.69, 9.17) is 11.6 Å². The normalized spacial score (nSPS) is 12.0. The van der Waals surface area contributed by atoms with E-state index in [2.05, 4.69) is 21.2 Å². The second-order valence-corrected chi connectivity index (χ2v) is 12.0. The van der Waals surface area contributed by atoms with Crippen molar-refractivity contribution in [3.05, 3.63) is 93.9 Å². The Hall–Kier alpha value is -2.88. The van der Waals surface area contributed by atoms with Gasteiger partial charge in [-0.3, -0.25) is 13.9 Å². The molecule has 2 amide bonds. The first-order valence-corrected chi connectivity index (χ1v) is 14.9. The van der Waals surface area contributed by atoms with Gasteiger partial charge in [0, 0.05) is 22.6 Å². The van der Waals surface area contributed by atoms with E-state index in [1.54, 1.807) is 73.7 Å². The highest BCUT2D eigenvalue weighted by atomic mass is 79.9. The van der Waals surface area contributed by atoms with Crippen LogP contribution in [-0.4, -0.2) is 44.3 Å². The average Bonchev–Trinajstić information content (AvgIpc) is 2.91. The number of carbonyl (C=O) groups is 2. The fourth-order valence-electron chi connectivity index (χ4n) is 3.81. The predicted octanol–water partition coefficient (Wildman–Crippen LogP) is 5.63. The van der Waals surface area contributed by atoms with Gasteiger partial charge < -0.3 is 10.2 Å². The van der Waals surface area contributed by atoms with E-state index >= 15 is 0 Å². The molecule has 0 fully saturated rings. The molecule has 0 aliphatic rings. The van der Waals surface area contributed by atoms with Crippen molar-refractivity contribution in [2.45, 2.75) is 44.2 Å². The first kappa shape index (κ1) is 29.7. The summed E-state index contributed by atoms with van der Waals surface area (Å²) in [7, 11) is -4.09. The topological polar surface area (TPSA) is 86.8 Å². The summed E-state index contributed by atoms with van der Waals surface area (Å²) >= 11 is 9.53. The summed E-state index contributed by atoms with van der Waals surface area (Å²) < 4.78 is 29.2. The Labute approximate surface area is 238 Å². The maximum absolute atomic E-state index is 13.8. The van der Waals surface area contributed by atoms with E-state index in [9.17, 15) is 18.0 Å². The predicted molar refractivity (Wildman–Crippen MR) is 154 cm³/mol. The molecule has 10 heteroatoms. The minimum atomic E-state index is -4.09. The molecule has 1 unspecified atom stereocenters. The average molecular weight is 621 g/mol. The molecule has 3 rings (SSSR count). The van der Waals surface area contributed by atoms with Crippen LogP contribution in [0.3, 0.4) is 0 Å². The molecule has 1 atom stereocenters. The Kier molecular flexibility index (Phi) is 10.8. The molecule has 0 radical (unpaired) electrons. The van der Waals surface area contributed by atoms with E-state index in [1.165, 1.54) is 17.0 Å². The molecule has 0 aromatic heterocycles. The van der Waals surface area contributed by atoms with Crippen LogP contribution in [0.1, 0.15) is 32.3 Å². The number of nitrogens with zero attached hydrogens (tertiary/aromatic N) is 2. The Morgan fingerprint density at radius 1 is 1.00 bits per heavy atom. The van der Waals surface area contributed by atoms with Crippen molar-refractivity contribution in [2.75, 3.05) is 17.4 Å². The number of carbonyl (C=O) groups excluding carboxylic acids is 2. The van der Waals surface area contributed by atoms with Crippen LogP contribution in [0.4, 0.5) is 5.69 Å². The minimum Gasteiger partial charge on any atom is -0.354 e. The van der Waals surface area contributed by atoms with Crippen molar-refractivity contribution in [3.63, 3.8) is 0 Å². The highest BCUT2D eigenvalue weighted by molar-refractivity contribution is 9.10. The summed E-state index contributed by atoms with van der Waals surface area (Å²) in [5.41, 5.74) is 1.05. The van der Waals surface area contributed by atoms with Crippen molar-refractivity contribution >= 4 is 55.1 Å². The second-order valence-electron chi connectivity index (χ2n) is 8.77. The first-order valence-electron chi connectivity index (χ1n) is 12.3. The van der Waals surface area contributed by atoms with Crippen molar-refractivity contribution in [1.82, 2.24) is 10.2 Å². The molecule has 7 nitrogen and oxygen atoms in total. The third-order valence-electron chi connectivity index (χ3n) is 5.96. The smallest absolute Gasteiger partial charge is 0.264 e. The van der Waals surface area contributed by atoms with Crippen molar-refractivity contribution < 1.29 is 18.0 Å². The molecule has 3 aromatic rings. The molecule has 0 bridgehead atoms. The van der Waals surface area contributed by atoms with Crippen LogP contribution in [0.5, 0.6) is 0 Å². The molecule has 38 heavy (non-hydrogen) atoms. The zero-order chi connectivity index (χ0) is 27.7. The van der Waals surface area contributed by atoms with Gasteiger partial charge in [0.2, 0.25) is 11.8 Å². The number of hydrogen-bond acceptors (Lipinski definition) is 4. The highest BCUT2D eigenvalue weighted by Gasteiger charge is 2.32. The fraction of sp³-hybridized carbons (Fsp3) is 0.286. The summed E-state index contributed by atoms with van der Waals surface area (Å²) in [5.74, 6) is -0.833. The van der Waals surface area contributed by atoms with Crippen LogP contribution in [0.2, 0.25) is 5.02 Å². The Morgan fingerprint density at radius 2 is 1.68 bits per heavy atom. The number of rotatable bonds is 12. The van der Waals surface area contributed by atoms with Gasteiger partial charge in [-0.15, -0.1) is 0 Å². The second kappa shape index (κ2) is 13.8. The molecule has 0 heterocycles. The number of sulfonamides is 1. The third-order valence-corrected chi connectivity index (χ3v) is 8.52. The standard InChI is InChI=1S/C28H31BrClN3O4S/c1-3-4-17-31-28(35)21(2)32(19-22-9-8-10-24(30)18-22)27(34)20-33(25-15-13-23(29)14-16-25)38(36,37)26-11-6-5-7-12-26/h5-16,18,21H,3-4,17,19-20H2,1-2H3,(H,31,35). The summed E-state index contributed by atoms with van der Waals surface area (Å²) in [5, 5.41) is 3.37. The number of amides is 2. The van der Waals surface area contributed by atoms with Gasteiger partial charge in [-0.25, -0.2) is 8.42 Å². The lowest BCUT2D eigenvalue weighted by Crippen LogP contribution is -2.51. The van der Waals surface area contributed by atoms with Gasteiger partial charge in [-0.1, -0.05) is 71.2 Å². The maximum Gasteiger partial charge on any atom is 0.264 e. The van der Waals surface area contributed by atoms with Crippen LogP contribution >= 0.6 is 27.5 Å². The van der Waals surface area contributed by atoms with Gasteiger partial charge in [0.25, 0.3) is 10.0 Å². The van der Waals surface area contributed by atoms with Crippen molar-refractivity contribution in [1.29, 1.82) is 0 Å².